The summed E-state index contributed by atoms with van der Waals surface area (Å²) in [5, 5.41) is 7.42. The summed E-state index contributed by atoms with van der Waals surface area (Å²) in [5.41, 5.74) is 2.80. The van der Waals surface area contributed by atoms with Gasteiger partial charge < -0.3 is 10.1 Å². The number of nitrogens with one attached hydrogen (secondary N) is 1. The number of carbonyl (C=O) groups is 1. The first-order valence-electron chi connectivity index (χ1n) is 4.90. The molecule has 0 bridgehead atoms. The molecule has 0 aliphatic heterocycles. The zero-order valence-electron chi connectivity index (χ0n) is 9.13. The molecule has 80 valence electrons. The van der Waals surface area contributed by atoms with Crippen LogP contribution in [0.3, 0.4) is 0 Å². The van der Waals surface area contributed by atoms with Crippen molar-refractivity contribution in [1.29, 1.82) is 0 Å². The van der Waals surface area contributed by atoms with E-state index in [1.54, 1.807) is 0 Å². The zero-order valence-corrected chi connectivity index (χ0v) is 9.13. The zero-order chi connectivity index (χ0) is 11.0. The van der Waals surface area contributed by atoms with Gasteiger partial charge in [-0.25, -0.2) is 0 Å². The second kappa shape index (κ2) is 7.18. The van der Waals surface area contributed by atoms with Crippen molar-refractivity contribution >= 4 is 5.97 Å². The molecule has 1 rings (SSSR count). The summed E-state index contributed by atoms with van der Waals surface area (Å²) in [7, 11) is 0. The first kappa shape index (κ1) is 12.8. The van der Waals surface area contributed by atoms with Gasteiger partial charge in [0.2, 0.25) is 0 Å². The molecule has 1 aromatic rings. The molecule has 0 atom stereocenters. The predicted octanol–water partition coefficient (Wildman–Crippen LogP) is 2.76. The van der Waals surface area contributed by atoms with Crippen LogP contribution < -0.4 is 0 Å². The predicted molar refractivity (Wildman–Crippen MR) is 57.5 cm³/mol. The fourth-order valence-corrected chi connectivity index (χ4v) is 1.12. The Bertz CT molecular complexity index is 262. The average Bonchev–Trinajstić information content (AvgIpc) is 2.47. The highest BCUT2D eigenvalue weighted by molar-refractivity contribution is 5.62. The highest BCUT2D eigenvalue weighted by Gasteiger charge is 1.95. The molecule has 0 radical (unpaired) electrons. The molecule has 1 aromatic heterocycles. The van der Waals surface area contributed by atoms with E-state index in [1.165, 1.54) is 30.5 Å². The maximum absolute atomic E-state index is 9.00. The Morgan fingerprint density at radius 2 is 2.14 bits per heavy atom. The minimum Gasteiger partial charge on any atom is -0.481 e. The number of aromatic amines is 1. The van der Waals surface area contributed by atoms with Crippen LogP contribution in [-0.2, 0) is 11.2 Å². The van der Waals surface area contributed by atoms with E-state index in [0.29, 0.717) is 0 Å². The van der Waals surface area contributed by atoms with Crippen molar-refractivity contribution < 1.29 is 9.90 Å². The van der Waals surface area contributed by atoms with Gasteiger partial charge in [-0.2, -0.15) is 0 Å². The molecule has 0 saturated heterocycles. The third kappa shape index (κ3) is 6.29. The molecular weight excluding hydrogens is 178 g/mol. The van der Waals surface area contributed by atoms with Crippen LogP contribution in [0.25, 0.3) is 0 Å². The molecule has 0 fully saturated rings. The van der Waals surface area contributed by atoms with Gasteiger partial charge in [0.05, 0.1) is 0 Å². The highest BCUT2D eigenvalue weighted by Crippen LogP contribution is 2.08. The third-order valence-electron chi connectivity index (χ3n) is 1.87. The lowest BCUT2D eigenvalue weighted by molar-refractivity contribution is -0.134. The van der Waals surface area contributed by atoms with Crippen molar-refractivity contribution in [2.75, 3.05) is 0 Å². The number of H-pyrrole nitrogens is 1. The summed E-state index contributed by atoms with van der Waals surface area (Å²) in [6.07, 6.45) is 5.83. The smallest absolute Gasteiger partial charge is 0.300 e. The van der Waals surface area contributed by atoms with Crippen molar-refractivity contribution in [3.8, 4) is 0 Å². The first-order valence-corrected chi connectivity index (χ1v) is 4.90. The normalized spacial score (nSPS) is 9.07. The van der Waals surface area contributed by atoms with Crippen LogP contribution in [0.2, 0.25) is 0 Å². The van der Waals surface area contributed by atoms with E-state index in [2.05, 4.69) is 24.9 Å². The van der Waals surface area contributed by atoms with Crippen molar-refractivity contribution in [1.82, 2.24) is 4.98 Å². The van der Waals surface area contributed by atoms with E-state index in [-0.39, 0.29) is 0 Å². The second-order valence-electron chi connectivity index (χ2n) is 3.25. The summed E-state index contributed by atoms with van der Waals surface area (Å²) in [6, 6.07) is 2.17. The van der Waals surface area contributed by atoms with Crippen LogP contribution >= 0.6 is 0 Å². The first-order chi connectivity index (χ1) is 6.57. The Kier molecular flexibility index (Phi) is 6.54. The van der Waals surface area contributed by atoms with Crippen molar-refractivity contribution in [2.45, 2.75) is 40.0 Å². The number of aromatic nitrogens is 1. The van der Waals surface area contributed by atoms with E-state index >= 15 is 0 Å². The minimum atomic E-state index is -0.833. The van der Waals surface area contributed by atoms with Gasteiger partial charge in [-0.1, -0.05) is 13.3 Å². The molecule has 0 spiro atoms. The van der Waals surface area contributed by atoms with Crippen LogP contribution in [0.15, 0.2) is 12.3 Å². The maximum atomic E-state index is 9.00. The molecule has 0 aliphatic carbocycles. The van der Waals surface area contributed by atoms with Crippen molar-refractivity contribution in [3.05, 3.63) is 23.5 Å². The van der Waals surface area contributed by atoms with Crippen LogP contribution in [0.1, 0.15) is 37.9 Å². The Hall–Kier alpha value is -1.25. The van der Waals surface area contributed by atoms with Gasteiger partial charge in [-0.05, 0) is 31.4 Å². The van der Waals surface area contributed by atoms with Gasteiger partial charge in [-0.15, -0.1) is 0 Å². The largest absolute Gasteiger partial charge is 0.481 e. The lowest BCUT2D eigenvalue weighted by Gasteiger charge is -1.95. The lowest BCUT2D eigenvalue weighted by atomic mass is 10.1. The number of hydrogen-bond acceptors (Lipinski definition) is 1. The Labute approximate surface area is 85.2 Å². The molecule has 14 heavy (non-hydrogen) atoms. The van der Waals surface area contributed by atoms with Gasteiger partial charge >= 0.3 is 0 Å². The summed E-state index contributed by atoms with van der Waals surface area (Å²) in [6.45, 7) is 5.44. The van der Waals surface area contributed by atoms with Gasteiger partial charge in [0.15, 0.2) is 0 Å². The number of rotatable bonds is 3. The summed E-state index contributed by atoms with van der Waals surface area (Å²) in [5.74, 6) is -0.833. The van der Waals surface area contributed by atoms with Gasteiger partial charge in [-0.3, -0.25) is 4.79 Å². The number of hydrogen-bond donors (Lipinski definition) is 2. The van der Waals surface area contributed by atoms with Gasteiger partial charge in [0, 0.05) is 18.8 Å². The molecule has 0 aromatic carbocycles. The topological polar surface area (TPSA) is 53.1 Å². The van der Waals surface area contributed by atoms with E-state index < -0.39 is 5.97 Å². The van der Waals surface area contributed by atoms with Crippen molar-refractivity contribution in [3.63, 3.8) is 0 Å². The Morgan fingerprint density at radius 1 is 1.57 bits per heavy atom. The molecule has 2 N–H and O–H groups in total. The quantitative estimate of drug-likeness (QED) is 0.782. The minimum absolute atomic E-state index is 0.833. The van der Waals surface area contributed by atoms with Crippen LogP contribution in [0, 0.1) is 6.92 Å². The number of aliphatic carboxylic acids is 1. The second-order valence-corrected chi connectivity index (χ2v) is 3.25. The monoisotopic (exact) mass is 197 g/mol. The molecule has 0 amide bonds. The number of carboxylic acids is 1. The maximum Gasteiger partial charge on any atom is 0.300 e. The molecule has 1 heterocycles. The number of carboxylic acid groups (broad SMARTS) is 1. The molecule has 0 unspecified atom stereocenters. The van der Waals surface area contributed by atoms with E-state index in [9.17, 15) is 0 Å². The van der Waals surface area contributed by atoms with E-state index in [4.69, 9.17) is 9.90 Å². The average molecular weight is 197 g/mol. The third-order valence-corrected chi connectivity index (χ3v) is 1.87. The molecule has 3 nitrogen and oxygen atoms in total. The highest BCUT2D eigenvalue weighted by atomic mass is 16.4. The lowest BCUT2D eigenvalue weighted by Crippen LogP contribution is -1.84. The number of aryl methyl sites for hydroxylation is 2. The molecular formula is C11H19NO2. The summed E-state index contributed by atoms with van der Waals surface area (Å²) >= 11 is 0. The molecule has 3 heteroatoms. The van der Waals surface area contributed by atoms with Crippen LogP contribution in [-0.4, -0.2) is 16.1 Å². The summed E-state index contributed by atoms with van der Waals surface area (Å²) < 4.78 is 0. The van der Waals surface area contributed by atoms with Crippen LogP contribution in [0.4, 0.5) is 0 Å². The van der Waals surface area contributed by atoms with Crippen LogP contribution in [0.5, 0.6) is 0 Å². The summed E-state index contributed by atoms with van der Waals surface area (Å²) in [4.78, 5) is 12.2. The Balaban J connectivity index is 0.000000364. The standard InChI is InChI=1S/C9H15N.C2H4O2/c1-3-4-5-9-6-7-10-8(9)2;1-2(3)4/h6-7,10H,3-5H2,1-2H3;1H3,(H,3,4). The SMILES string of the molecule is CC(=O)O.CCCCc1cc[nH]c1C. The van der Waals surface area contributed by atoms with Gasteiger partial charge in [0.25, 0.3) is 5.97 Å². The molecule has 0 saturated carbocycles. The van der Waals surface area contributed by atoms with Crippen molar-refractivity contribution in [2.24, 2.45) is 0 Å². The van der Waals surface area contributed by atoms with Gasteiger partial charge in [0.1, 0.15) is 0 Å². The Morgan fingerprint density at radius 3 is 2.50 bits per heavy atom. The van der Waals surface area contributed by atoms with E-state index in [0.717, 1.165) is 6.92 Å². The fourth-order valence-electron chi connectivity index (χ4n) is 1.12. The number of unbranched alkanes of at least 4 members (excludes halogenated alkanes) is 1. The van der Waals surface area contributed by atoms with E-state index in [1.807, 2.05) is 6.20 Å². The molecule has 0 aliphatic rings. The fraction of sp³-hybridized carbons (Fsp3) is 0.545.